The van der Waals surface area contributed by atoms with Crippen LogP contribution in [0.4, 0.5) is 0 Å². The average molecular weight is 914 g/mol. The molecule has 12 nitrogen and oxygen atoms in total. The topological polar surface area (TPSA) is 116 Å². The molecule has 8 rings (SSSR count). The molecule has 336 valence electrons. The second-order valence-electron chi connectivity index (χ2n) is 19.2. The molecule has 15 heteroatoms. The largest absolute Gasteiger partial charge is 0.459 e. The van der Waals surface area contributed by atoms with Crippen LogP contribution in [-0.4, -0.2) is 112 Å². The highest BCUT2D eigenvalue weighted by atomic mass is 35.5. The summed E-state index contributed by atoms with van der Waals surface area (Å²) in [6.45, 7) is 17.9. The maximum Gasteiger partial charge on any atom is 0.301 e. The highest BCUT2D eigenvalue weighted by Gasteiger charge is 2.40. The fourth-order valence-corrected chi connectivity index (χ4v) is 9.67. The highest BCUT2D eigenvalue weighted by Crippen LogP contribution is 2.36. The van der Waals surface area contributed by atoms with Crippen molar-refractivity contribution in [3.8, 4) is 28.4 Å². The van der Waals surface area contributed by atoms with Gasteiger partial charge in [0.05, 0.1) is 41.7 Å². The lowest BCUT2D eigenvalue weighted by molar-refractivity contribution is -0.286. The molecular formula is C48H61ClN4O8Si2. The van der Waals surface area contributed by atoms with Gasteiger partial charge in [-0.2, -0.15) is 4.98 Å². The Hall–Kier alpha value is -3.97. The normalized spacial score (nSPS) is 21.8. The van der Waals surface area contributed by atoms with Crippen molar-refractivity contribution in [3.63, 3.8) is 0 Å². The van der Waals surface area contributed by atoms with E-state index in [9.17, 15) is 4.79 Å². The van der Waals surface area contributed by atoms with E-state index in [0.29, 0.717) is 67.3 Å². The van der Waals surface area contributed by atoms with Crippen LogP contribution in [0.15, 0.2) is 84.9 Å². The van der Waals surface area contributed by atoms with Gasteiger partial charge in [-0.1, -0.05) is 118 Å². The lowest BCUT2D eigenvalue weighted by Crippen LogP contribution is -2.50. The van der Waals surface area contributed by atoms with Gasteiger partial charge in [-0.25, -0.2) is 4.98 Å². The van der Waals surface area contributed by atoms with Crippen LogP contribution in [0.5, 0.6) is 6.01 Å². The minimum Gasteiger partial charge on any atom is -0.459 e. The summed E-state index contributed by atoms with van der Waals surface area (Å²) in [6.07, 6.45) is 0.280. The van der Waals surface area contributed by atoms with Gasteiger partial charge in [0.25, 0.3) is 5.91 Å². The smallest absolute Gasteiger partial charge is 0.301 e. The van der Waals surface area contributed by atoms with E-state index in [1.165, 1.54) is 0 Å². The van der Waals surface area contributed by atoms with Crippen molar-refractivity contribution in [2.75, 3.05) is 46.3 Å². The number of likely N-dealkylation sites (tertiary alicyclic amines) is 1. The molecule has 1 amide bonds. The van der Waals surface area contributed by atoms with Crippen LogP contribution in [0.3, 0.4) is 0 Å². The molecule has 1 unspecified atom stereocenters. The average Bonchev–Trinajstić information content (AvgIpc) is 3.88. The number of ether oxygens (including phenoxy) is 7. The van der Waals surface area contributed by atoms with E-state index in [-0.39, 0.29) is 43.8 Å². The number of imidazole rings is 1. The quantitative estimate of drug-likeness (QED) is 0.0507. The van der Waals surface area contributed by atoms with Crippen LogP contribution in [0.2, 0.25) is 56.4 Å². The molecular weight excluding hydrogens is 852 g/mol. The number of benzene rings is 3. The van der Waals surface area contributed by atoms with Crippen molar-refractivity contribution < 1.29 is 38.0 Å². The number of rotatable bonds is 17. The van der Waals surface area contributed by atoms with Crippen molar-refractivity contribution >= 4 is 44.8 Å². The van der Waals surface area contributed by atoms with E-state index >= 15 is 0 Å². The zero-order valence-electron chi connectivity index (χ0n) is 37.4. The summed E-state index contributed by atoms with van der Waals surface area (Å²) in [5.41, 5.74) is 6.33. The third-order valence-corrected chi connectivity index (χ3v) is 15.5. The maximum atomic E-state index is 13.4. The number of carbonyl (C=O) groups is 1. The fraction of sp³-hybridized carbons (Fsp3) is 0.479. The summed E-state index contributed by atoms with van der Waals surface area (Å²) >= 11 is 7.01. The lowest BCUT2D eigenvalue weighted by Gasteiger charge is -2.41. The predicted octanol–water partition coefficient (Wildman–Crippen LogP) is 9.92. The molecule has 0 N–H and O–H groups in total. The Morgan fingerprint density at radius 2 is 1.48 bits per heavy atom. The number of nitrogens with zero attached hydrogens (tertiary/aromatic N) is 4. The standard InChI is InChI=1S/C48H61ClN4O8Si2/c1-62(2,3)24-22-55-31-53-41-27-40(49)44(50-45(41)51-48(53)60-39-26-42-43(57-29-39)30-58-47(61-42)37-10-8-7-9-11-37)35-16-12-33(13-17-35)34-14-18-36(19-15-34)46(54)52-21-20-38(28-52)59-32-56-23-25-63(4,5)6/h7-19,27,38-39,42-43,47H,20-26,28-32H2,1-6H3/t38-,39-,42+,43-,47?/m1/s1. The van der Waals surface area contributed by atoms with E-state index in [1.54, 1.807) is 0 Å². The molecule has 0 saturated carbocycles. The summed E-state index contributed by atoms with van der Waals surface area (Å²) in [4.78, 5) is 25.1. The van der Waals surface area contributed by atoms with E-state index in [4.69, 9.17) is 54.7 Å². The molecule has 3 aliphatic rings. The third-order valence-electron chi connectivity index (χ3n) is 11.8. The van der Waals surface area contributed by atoms with Gasteiger partial charge < -0.3 is 38.1 Å². The lowest BCUT2D eigenvalue weighted by atomic mass is 10.0. The van der Waals surface area contributed by atoms with E-state index in [0.717, 1.165) is 52.9 Å². The molecule has 3 aromatic carbocycles. The van der Waals surface area contributed by atoms with Crippen molar-refractivity contribution in [2.45, 2.75) is 102 Å². The predicted molar refractivity (Wildman–Crippen MR) is 251 cm³/mol. The first-order chi connectivity index (χ1) is 30.3. The summed E-state index contributed by atoms with van der Waals surface area (Å²) < 4.78 is 45.0. The van der Waals surface area contributed by atoms with Crippen LogP contribution in [-0.2, 0) is 35.2 Å². The fourth-order valence-electron chi connectivity index (χ4n) is 7.91. The van der Waals surface area contributed by atoms with Crippen molar-refractivity contribution in [3.05, 3.63) is 101 Å². The Labute approximate surface area is 378 Å². The number of aromatic nitrogens is 3. The number of carbonyl (C=O) groups excluding carboxylic acids is 1. The number of fused-ring (bicyclic) bond motifs is 2. The number of hydrogen-bond donors (Lipinski definition) is 0. The first-order valence-corrected chi connectivity index (χ1v) is 30.0. The molecule has 0 bridgehead atoms. The van der Waals surface area contributed by atoms with Crippen LogP contribution >= 0.6 is 11.6 Å². The molecule has 2 aromatic heterocycles. The number of pyridine rings is 1. The summed E-state index contributed by atoms with van der Waals surface area (Å²) in [7, 11) is -2.45. The van der Waals surface area contributed by atoms with Crippen molar-refractivity contribution in [2.24, 2.45) is 0 Å². The Morgan fingerprint density at radius 3 is 2.19 bits per heavy atom. The van der Waals surface area contributed by atoms with Crippen LogP contribution < -0.4 is 4.74 Å². The Kier molecular flexibility index (Phi) is 14.5. The molecule has 5 heterocycles. The monoisotopic (exact) mass is 912 g/mol. The molecule has 0 radical (unpaired) electrons. The first-order valence-electron chi connectivity index (χ1n) is 22.2. The zero-order chi connectivity index (χ0) is 44.1. The molecule has 3 fully saturated rings. The highest BCUT2D eigenvalue weighted by molar-refractivity contribution is 6.76. The number of amides is 1. The molecule has 3 aliphatic heterocycles. The molecule has 5 aromatic rings. The van der Waals surface area contributed by atoms with Gasteiger partial charge in [0.2, 0.25) is 0 Å². The van der Waals surface area contributed by atoms with Gasteiger partial charge in [-0.3, -0.25) is 9.36 Å². The van der Waals surface area contributed by atoms with E-state index < -0.39 is 22.4 Å². The van der Waals surface area contributed by atoms with Gasteiger partial charge in [-0.15, -0.1) is 0 Å². The second kappa shape index (κ2) is 20.0. The van der Waals surface area contributed by atoms with Gasteiger partial charge in [0, 0.05) is 65.6 Å². The molecule has 0 spiro atoms. The number of hydrogen-bond acceptors (Lipinski definition) is 10. The van der Waals surface area contributed by atoms with E-state index in [2.05, 4.69) is 39.3 Å². The Morgan fingerprint density at radius 1 is 0.794 bits per heavy atom. The molecule has 3 saturated heterocycles. The summed E-state index contributed by atoms with van der Waals surface area (Å²) in [6, 6.07) is 30.2. The number of halogens is 1. The maximum absolute atomic E-state index is 13.4. The molecule has 5 atom stereocenters. The second-order valence-corrected chi connectivity index (χ2v) is 30.9. The van der Waals surface area contributed by atoms with Crippen molar-refractivity contribution in [1.82, 2.24) is 19.4 Å². The molecule has 63 heavy (non-hydrogen) atoms. The Balaban J connectivity index is 0.929. The van der Waals surface area contributed by atoms with Gasteiger partial charge >= 0.3 is 6.01 Å². The SMILES string of the molecule is C[Si](C)(C)CCOCO[C@@H]1CCN(C(=O)c2ccc(-c3ccc(-c4nc5nc(O[C@H]6CO[C@@H]7COC(c8ccccc8)O[C@H]7C6)n(COCC[Si](C)(C)C)c5cc4Cl)cc3)cc2)C1. The minimum atomic E-state index is -1.31. The minimum absolute atomic E-state index is 0.00537. The van der Waals surface area contributed by atoms with Gasteiger partial charge in [0.1, 0.15) is 25.7 Å². The van der Waals surface area contributed by atoms with Gasteiger partial charge in [-0.05, 0) is 47.8 Å². The van der Waals surface area contributed by atoms with E-state index in [1.807, 2.05) is 94.4 Å². The molecule has 0 aliphatic carbocycles. The van der Waals surface area contributed by atoms with Crippen LogP contribution in [0, 0.1) is 0 Å². The Bertz CT molecular complexity index is 2300. The first kappa shape index (κ1) is 45.6. The third kappa shape index (κ3) is 11.8. The van der Waals surface area contributed by atoms with Gasteiger partial charge in [0.15, 0.2) is 11.9 Å². The van der Waals surface area contributed by atoms with Crippen LogP contribution in [0.1, 0.15) is 35.1 Å². The van der Waals surface area contributed by atoms with Crippen molar-refractivity contribution in [1.29, 1.82) is 0 Å². The summed E-state index contributed by atoms with van der Waals surface area (Å²) in [5, 5.41) is 0.489. The van der Waals surface area contributed by atoms with Crippen LogP contribution in [0.25, 0.3) is 33.5 Å². The summed E-state index contributed by atoms with van der Waals surface area (Å²) in [5.74, 6) is 0.0129. The zero-order valence-corrected chi connectivity index (χ0v) is 40.1.